The Balaban J connectivity index is 1.81. The van der Waals surface area contributed by atoms with Gasteiger partial charge in [-0.25, -0.2) is 4.98 Å². The lowest BCUT2D eigenvalue weighted by molar-refractivity contribution is 0.102. The maximum absolute atomic E-state index is 12.3. The van der Waals surface area contributed by atoms with Crippen molar-refractivity contribution in [1.82, 2.24) is 19.7 Å². The van der Waals surface area contributed by atoms with Gasteiger partial charge in [0.25, 0.3) is 5.91 Å². The van der Waals surface area contributed by atoms with Crippen molar-refractivity contribution in [1.29, 1.82) is 0 Å². The van der Waals surface area contributed by atoms with Crippen molar-refractivity contribution in [3.05, 3.63) is 65.4 Å². The van der Waals surface area contributed by atoms with Gasteiger partial charge in [-0.3, -0.25) is 9.36 Å². The zero-order valence-corrected chi connectivity index (χ0v) is 13.2. The summed E-state index contributed by atoms with van der Waals surface area (Å²) in [6.45, 7) is 5.81. The molecule has 1 amide bonds. The van der Waals surface area contributed by atoms with E-state index in [-0.39, 0.29) is 11.6 Å². The molecule has 1 N–H and O–H groups in total. The van der Waals surface area contributed by atoms with Crippen molar-refractivity contribution >= 4 is 11.6 Å². The van der Waals surface area contributed by atoms with Crippen molar-refractivity contribution in [2.75, 3.05) is 5.32 Å². The number of imidazole rings is 1. The maximum atomic E-state index is 12.3. The highest BCUT2D eigenvalue weighted by atomic mass is 16.1. The molecule has 1 aromatic carbocycles. The molecule has 3 aromatic rings. The molecule has 0 spiro atoms. The number of hydrogen-bond acceptors (Lipinski definition) is 4. The normalized spacial score (nSPS) is 10.6. The largest absolute Gasteiger partial charge is 0.320 e. The first kappa shape index (κ1) is 14.9. The molecule has 116 valence electrons. The summed E-state index contributed by atoms with van der Waals surface area (Å²) in [5.41, 5.74) is 3.14. The molecule has 0 fully saturated rings. The third-order valence-electron chi connectivity index (χ3n) is 3.60. The zero-order chi connectivity index (χ0) is 16.4. The molecular formula is C17H17N5O. The number of benzene rings is 1. The van der Waals surface area contributed by atoms with Crippen LogP contribution in [0.4, 0.5) is 5.69 Å². The van der Waals surface area contributed by atoms with Gasteiger partial charge in [0.05, 0.1) is 0 Å². The molecule has 6 nitrogen and oxygen atoms in total. The minimum absolute atomic E-state index is 0.271. The molecule has 0 atom stereocenters. The third kappa shape index (κ3) is 3.11. The van der Waals surface area contributed by atoms with E-state index in [2.05, 4.69) is 20.5 Å². The number of nitrogens with one attached hydrogen (secondary N) is 1. The molecule has 0 radical (unpaired) electrons. The average Bonchev–Trinajstić information content (AvgIpc) is 2.97. The van der Waals surface area contributed by atoms with Gasteiger partial charge >= 0.3 is 0 Å². The Morgan fingerprint density at radius 3 is 2.57 bits per heavy atom. The van der Waals surface area contributed by atoms with Crippen LogP contribution in [0.1, 0.15) is 27.4 Å². The van der Waals surface area contributed by atoms with E-state index < -0.39 is 0 Å². The van der Waals surface area contributed by atoms with Crippen LogP contribution in [0.3, 0.4) is 0 Å². The number of hydrogen-bond donors (Lipinski definition) is 1. The first-order chi connectivity index (χ1) is 11.0. The summed E-state index contributed by atoms with van der Waals surface area (Å²) < 4.78 is 1.80. The minimum atomic E-state index is -0.278. The second-order valence-electron chi connectivity index (χ2n) is 5.39. The first-order valence-electron chi connectivity index (χ1n) is 7.27. The van der Waals surface area contributed by atoms with E-state index in [1.807, 2.05) is 39.0 Å². The van der Waals surface area contributed by atoms with Crippen LogP contribution in [0.2, 0.25) is 0 Å². The molecule has 0 aliphatic heterocycles. The lowest BCUT2D eigenvalue weighted by Gasteiger charge is -2.09. The van der Waals surface area contributed by atoms with Crippen molar-refractivity contribution in [2.24, 2.45) is 0 Å². The van der Waals surface area contributed by atoms with Crippen LogP contribution in [0, 0.1) is 20.8 Å². The maximum Gasteiger partial charge on any atom is 0.276 e. The Kier molecular flexibility index (Phi) is 3.89. The highest BCUT2D eigenvalue weighted by Gasteiger charge is 2.11. The number of anilines is 1. The summed E-state index contributed by atoms with van der Waals surface area (Å²) in [5, 5.41) is 11.0. The van der Waals surface area contributed by atoms with Gasteiger partial charge in [-0.1, -0.05) is 12.1 Å². The van der Waals surface area contributed by atoms with E-state index in [0.29, 0.717) is 5.82 Å². The summed E-state index contributed by atoms with van der Waals surface area (Å²) in [7, 11) is 0. The van der Waals surface area contributed by atoms with Crippen LogP contribution in [0.25, 0.3) is 5.82 Å². The van der Waals surface area contributed by atoms with Crippen LogP contribution in [0.5, 0.6) is 0 Å². The molecule has 2 heterocycles. The number of amides is 1. The van der Waals surface area contributed by atoms with Crippen LogP contribution in [-0.4, -0.2) is 25.7 Å². The predicted octanol–water partition coefficient (Wildman–Crippen LogP) is 2.84. The fraction of sp³-hybridized carbons (Fsp3) is 0.176. The quantitative estimate of drug-likeness (QED) is 0.807. The van der Waals surface area contributed by atoms with E-state index in [1.54, 1.807) is 29.1 Å². The lowest BCUT2D eigenvalue weighted by Crippen LogP contribution is -2.15. The molecule has 0 bridgehead atoms. The van der Waals surface area contributed by atoms with Crippen LogP contribution < -0.4 is 5.32 Å². The summed E-state index contributed by atoms with van der Waals surface area (Å²) in [6, 6.07) is 9.32. The SMILES string of the molecule is Cc1ccc(C)c(NC(=O)c2ccc(-n3ccnc3C)nn2)c1. The number of rotatable bonds is 3. The Morgan fingerprint density at radius 2 is 1.91 bits per heavy atom. The molecule has 0 aliphatic carbocycles. The smallest absolute Gasteiger partial charge is 0.276 e. The van der Waals surface area contributed by atoms with Gasteiger partial charge in [0.1, 0.15) is 5.82 Å². The molecule has 2 aromatic heterocycles. The van der Waals surface area contributed by atoms with Crippen LogP contribution >= 0.6 is 0 Å². The average molecular weight is 307 g/mol. The standard InChI is InChI=1S/C17H17N5O/c1-11-4-5-12(2)15(10-11)19-17(23)14-6-7-16(21-20-14)22-9-8-18-13(22)3/h4-10H,1-3H3,(H,19,23). The fourth-order valence-corrected chi connectivity index (χ4v) is 2.25. The molecule has 0 saturated heterocycles. The van der Waals surface area contributed by atoms with Gasteiger partial charge in [-0.2, -0.15) is 0 Å². The minimum Gasteiger partial charge on any atom is -0.320 e. The second-order valence-corrected chi connectivity index (χ2v) is 5.39. The highest BCUT2D eigenvalue weighted by molar-refractivity contribution is 6.03. The van der Waals surface area contributed by atoms with Crippen LogP contribution in [0.15, 0.2) is 42.7 Å². The van der Waals surface area contributed by atoms with Gasteiger partial charge in [-0.15, -0.1) is 10.2 Å². The van der Waals surface area contributed by atoms with E-state index in [1.165, 1.54) is 0 Å². The fourth-order valence-electron chi connectivity index (χ4n) is 2.25. The highest BCUT2D eigenvalue weighted by Crippen LogP contribution is 2.17. The van der Waals surface area contributed by atoms with Crippen molar-refractivity contribution in [3.8, 4) is 5.82 Å². The summed E-state index contributed by atoms with van der Waals surface area (Å²) in [4.78, 5) is 16.4. The van der Waals surface area contributed by atoms with Gasteiger partial charge in [0, 0.05) is 18.1 Å². The predicted molar refractivity (Wildman–Crippen MR) is 87.8 cm³/mol. The lowest BCUT2D eigenvalue weighted by atomic mass is 10.1. The Labute approximate surface area is 134 Å². The zero-order valence-electron chi connectivity index (χ0n) is 13.2. The Morgan fingerprint density at radius 1 is 1.09 bits per heavy atom. The Bertz CT molecular complexity index is 852. The van der Waals surface area contributed by atoms with Gasteiger partial charge in [0.2, 0.25) is 0 Å². The van der Waals surface area contributed by atoms with Gasteiger partial charge in [-0.05, 0) is 50.1 Å². The third-order valence-corrected chi connectivity index (χ3v) is 3.60. The van der Waals surface area contributed by atoms with E-state index in [4.69, 9.17) is 0 Å². The van der Waals surface area contributed by atoms with E-state index in [9.17, 15) is 4.79 Å². The number of aryl methyl sites for hydroxylation is 3. The summed E-state index contributed by atoms with van der Waals surface area (Å²) >= 11 is 0. The Hall–Kier alpha value is -3.02. The van der Waals surface area contributed by atoms with Crippen molar-refractivity contribution in [2.45, 2.75) is 20.8 Å². The van der Waals surface area contributed by atoms with Gasteiger partial charge in [0.15, 0.2) is 11.5 Å². The number of carbonyl (C=O) groups is 1. The van der Waals surface area contributed by atoms with E-state index in [0.717, 1.165) is 22.6 Å². The number of carbonyl (C=O) groups excluding carboxylic acids is 1. The molecule has 3 rings (SSSR count). The van der Waals surface area contributed by atoms with E-state index >= 15 is 0 Å². The molecule has 23 heavy (non-hydrogen) atoms. The number of aromatic nitrogens is 4. The molecule has 0 saturated carbocycles. The molecule has 0 aliphatic rings. The number of nitrogens with zero attached hydrogens (tertiary/aromatic N) is 4. The topological polar surface area (TPSA) is 72.7 Å². The summed E-state index contributed by atoms with van der Waals surface area (Å²) in [6.07, 6.45) is 3.49. The molecule has 6 heteroatoms. The monoisotopic (exact) mass is 307 g/mol. The first-order valence-corrected chi connectivity index (χ1v) is 7.27. The van der Waals surface area contributed by atoms with Crippen LogP contribution in [-0.2, 0) is 0 Å². The molecular weight excluding hydrogens is 290 g/mol. The molecule has 0 unspecified atom stereocenters. The second kappa shape index (κ2) is 6.00. The summed E-state index contributed by atoms with van der Waals surface area (Å²) in [5.74, 6) is 1.16. The van der Waals surface area contributed by atoms with Crippen molar-refractivity contribution in [3.63, 3.8) is 0 Å². The van der Waals surface area contributed by atoms with Crippen molar-refractivity contribution < 1.29 is 4.79 Å². The van der Waals surface area contributed by atoms with Gasteiger partial charge < -0.3 is 5.32 Å².